The van der Waals surface area contributed by atoms with Gasteiger partial charge in [-0.1, -0.05) is 61.6 Å². The summed E-state index contributed by atoms with van der Waals surface area (Å²) in [5.74, 6) is 2.40. The monoisotopic (exact) mass is 474 g/mol. The van der Waals surface area contributed by atoms with Gasteiger partial charge < -0.3 is 0 Å². The molecule has 4 heterocycles. The molecule has 0 N–H and O–H groups in total. The fraction of sp³-hybridized carbons (Fsp3) is 0.500. The van der Waals surface area contributed by atoms with E-state index in [1.54, 1.807) is 11.4 Å². The molecule has 0 bridgehead atoms. The Morgan fingerprint density at radius 3 is 1.57 bits per heavy atom. The van der Waals surface area contributed by atoms with Gasteiger partial charge in [-0.15, -0.1) is 0 Å². The first-order chi connectivity index (χ1) is 14.5. The van der Waals surface area contributed by atoms with Crippen molar-refractivity contribution in [1.29, 1.82) is 0 Å². The summed E-state index contributed by atoms with van der Waals surface area (Å²) in [5.41, 5.74) is 3.15. The van der Waals surface area contributed by atoms with Crippen LogP contribution in [0.5, 0.6) is 0 Å². The first-order valence-corrected chi connectivity index (χ1v) is 14.8. The van der Waals surface area contributed by atoms with Gasteiger partial charge in [0.2, 0.25) is 9.74 Å². The third-order valence-electron chi connectivity index (χ3n) is 7.91. The number of hydrogen-bond acceptors (Lipinski definition) is 4. The molecule has 2 spiro atoms. The number of rotatable bonds is 5. The van der Waals surface area contributed by atoms with Crippen LogP contribution in [0.15, 0.2) is 58.3 Å². The van der Waals surface area contributed by atoms with Gasteiger partial charge in [0.05, 0.1) is 9.79 Å². The van der Waals surface area contributed by atoms with Crippen LogP contribution in [0.25, 0.3) is 0 Å². The molecule has 2 fully saturated rings. The number of fused-ring (bicyclic) bond motifs is 4. The molecule has 0 aliphatic carbocycles. The van der Waals surface area contributed by atoms with E-state index in [1.807, 2.05) is 0 Å². The number of nitrogens with zero attached hydrogens (tertiary/aromatic N) is 2. The maximum atomic E-state index is 2.61. The van der Waals surface area contributed by atoms with E-state index in [1.165, 1.54) is 34.4 Å². The molecule has 2 saturated heterocycles. The molecule has 0 aromatic heterocycles. The molecule has 158 valence electrons. The zero-order valence-electron chi connectivity index (χ0n) is 18.1. The molecule has 6 atom stereocenters. The van der Waals surface area contributed by atoms with Crippen LogP contribution in [-0.4, -0.2) is 45.1 Å². The lowest BCUT2D eigenvalue weighted by Gasteiger charge is -2.46. The third kappa shape index (κ3) is 2.21. The molecule has 4 aliphatic rings. The summed E-state index contributed by atoms with van der Waals surface area (Å²) in [6.45, 7) is 12.4. The lowest BCUT2D eigenvalue weighted by molar-refractivity contribution is 0.216. The summed E-state index contributed by atoms with van der Waals surface area (Å²) in [6, 6.07) is 18.6. The molecule has 6 unspecified atom stereocenters. The van der Waals surface area contributed by atoms with E-state index in [0.717, 1.165) is 8.97 Å². The summed E-state index contributed by atoms with van der Waals surface area (Å²) in [6.07, 6.45) is 0. The van der Waals surface area contributed by atoms with E-state index >= 15 is 0 Å². The van der Waals surface area contributed by atoms with Gasteiger partial charge in [0, 0.05) is 26.0 Å². The summed E-state index contributed by atoms with van der Waals surface area (Å²) in [7, 11) is 0. The Hall–Kier alpha value is -0.240. The first-order valence-electron chi connectivity index (χ1n) is 11.0. The molecular formula is C24H30N2S4+2. The predicted molar refractivity (Wildman–Crippen MR) is 139 cm³/mol. The fourth-order valence-corrected chi connectivity index (χ4v) is 12.7. The third-order valence-corrected chi connectivity index (χ3v) is 13.9. The number of para-hydroxylation sites is 2. The molecule has 30 heavy (non-hydrogen) atoms. The molecule has 2 aromatic rings. The van der Waals surface area contributed by atoms with Gasteiger partial charge in [-0.05, 0) is 47.2 Å². The predicted octanol–water partition coefficient (Wildman–Crippen LogP) is 6.83. The Morgan fingerprint density at radius 1 is 0.767 bits per heavy atom. The highest BCUT2D eigenvalue weighted by Crippen LogP contribution is 2.76. The number of quaternary nitrogens is 2. The maximum Gasteiger partial charge on any atom is 0.219 e. The number of thioether (sulfide) groups is 4. The quantitative estimate of drug-likeness (QED) is 0.344. The second kappa shape index (κ2) is 6.64. The van der Waals surface area contributed by atoms with E-state index in [-0.39, 0.29) is 9.74 Å². The molecule has 2 aromatic carbocycles. The Labute approximate surface area is 197 Å². The Bertz CT molecular complexity index is 948. The zero-order valence-corrected chi connectivity index (χ0v) is 21.4. The average Bonchev–Trinajstić information content (AvgIpc) is 3.60. The van der Waals surface area contributed by atoms with Gasteiger partial charge >= 0.3 is 0 Å². The number of benzene rings is 2. The largest absolute Gasteiger partial charge is 0.249 e. The Kier molecular flexibility index (Phi) is 4.51. The van der Waals surface area contributed by atoms with Crippen LogP contribution in [-0.2, 0) is 0 Å². The van der Waals surface area contributed by atoms with Crippen LogP contribution >= 0.6 is 47.0 Å². The highest BCUT2D eigenvalue weighted by molar-refractivity contribution is 8.06. The zero-order chi connectivity index (χ0) is 20.8. The normalized spacial score (nSPS) is 42.5. The SMILES string of the molecule is CCSC1C[N+]12c1ccccc1SC2(C)C1(C)Sc2ccccc2[N+]12CC2SCC. The minimum atomic E-state index is 0.107. The van der Waals surface area contributed by atoms with Gasteiger partial charge in [0.15, 0.2) is 10.7 Å². The first kappa shape index (κ1) is 20.4. The minimum Gasteiger partial charge on any atom is -0.249 e. The lowest BCUT2D eigenvalue weighted by Crippen LogP contribution is -2.67. The Morgan fingerprint density at radius 2 is 1.17 bits per heavy atom. The highest BCUT2D eigenvalue weighted by Gasteiger charge is 2.87. The van der Waals surface area contributed by atoms with Crippen LogP contribution in [0, 0.1) is 0 Å². The van der Waals surface area contributed by atoms with E-state index in [2.05, 4.69) is 123 Å². The van der Waals surface area contributed by atoms with Gasteiger partial charge in [0.25, 0.3) is 0 Å². The molecule has 6 heteroatoms. The van der Waals surface area contributed by atoms with Gasteiger partial charge in [-0.3, -0.25) is 0 Å². The van der Waals surface area contributed by atoms with E-state index in [4.69, 9.17) is 0 Å². The maximum absolute atomic E-state index is 2.61. The van der Waals surface area contributed by atoms with Crippen molar-refractivity contribution < 1.29 is 0 Å². The standard InChI is InChI=1S/C24H30N2S4/c1-5-27-21-15-25(21)17-11-7-9-13-19(17)29-23(25,3)24(4)26(16-22(26)28-6-2)18-12-8-10-14-20(18)30-24/h7-14,21-22H,5-6,15-16H2,1-4H3/q+2. The smallest absolute Gasteiger partial charge is 0.219 e. The van der Waals surface area contributed by atoms with Crippen molar-refractivity contribution in [1.82, 2.24) is 8.97 Å². The molecule has 0 saturated carbocycles. The molecule has 2 nitrogen and oxygen atoms in total. The van der Waals surface area contributed by atoms with Crippen molar-refractivity contribution >= 4 is 58.4 Å². The highest BCUT2D eigenvalue weighted by atomic mass is 32.2. The second-order valence-electron chi connectivity index (χ2n) is 9.03. The molecule has 4 aliphatic heterocycles. The van der Waals surface area contributed by atoms with Crippen molar-refractivity contribution in [2.24, 2.45) is 0 Å². The van der Waals surface area contributed by atoms with Crippen LogP contribution < -0.4 is 8.97 Å². The summed E-state index contributed by atoms with van der Waals surface area (Å²) in [4.78, 5) is 3.24. The second-order valence-corrected chi connectivity index (χ2v) is 14.8. The molecule has 0 amide bonds. The van der Waals surface area contributed by atoms with Crippen molar-refractivity contribution in [2.45, 2.75) is 58.0 Å². The summed E-state index contributed by atoms with van der Waals surface area (Å²) >= 11 is 8.70. The topological polar surface area (TPSA) is 0 Å². The number of hydrogen-bond donors (Lipinski definition) is 0. The average molecular weight is 475 g/mol. The minimum absolute atomic E-state index is 0.107. The van der Waals surface area contributed by atoms with Crippen LogP contribution in [0.2, 0.25) is 0 Å². The van der Waals surface area contributed by atoms with Gasteiger partial charge in [-0.25, -0.2) is 8.97 Å². The van der Waals surface area contributed by atoms with Gasteiger partial charge in [0.1, 0.15) is 24.5 Å². The molecular weight excluding hydrogens is 445 g/mol. The fourth-order valence-electron chi connectivity index (χ4n) is 6.27. The van der Waals surface area contributed by atoms with E-state index < -0.39 is 0 Å². The van der Waals surface area contributed by atoms with Crippen molar-refractivity contribution in [3.05, 3.63) is 48.5 Å². The Balaban J connectivity index is 1.53. The van der Waals surface area contributed by atoms with Crippen LogP contribution in [0.1, 0.15) is 27.7 Å². The van der Waals surface area contributed by atoms with E-state index in [9.17, 15) is 0 Å². The lowest BCUT2D eigenvalue weighted by atomic mass is 10.0. The van der Waals surface area contributed by atoms with Crippen molar-refractivity contribution in [3.8, 4) is 0 Å². The van der Waals surface area contributed by atoms with Gasteiger partial charge in [-0.2, -0.15) is 0 Å². The van der Waals surface area contributed by atoms with Crippen molar-refractivity contribution in [2.75, 3.05) is 24.6 Å². The van der Waals surface area contributed by atoms with Crippen molar-refractivity contribution in [3.63, 3.8) is 0 Å². The summed E-state index contributed by atoms with van der Waals surface area (Å²) in [5, 5.41) is 1.38. The van der Waals surface area contributed by atoms with Crippen LogP contribution in [0.3, 0.4) is 0 Å². The summed E-state index contributed by atoms with van der Waals surface area (Å²) < 4.78 is 2.32. The van der Waals surface area contributed by atoms with Crippen LogP contribution in [0.4, 0.5) is 11.4 Å². The van der Waals surface area contributed by atoms with E-state index in [0.29, 0.717) is 10.7 Å². The molecule has 6 rings (SSSR count). The molecule has 0 radical (unpaired) electrons.